The summed E-state index contributed by atoms with van der Waals surface area (Å²) in [6.07, 6.45) is 2.87. The number of nitrogens with zero attached hydrogens (tertiary/aromatic N) is 4. The van der Waals surface area contributed by atoms with Crippen LogP contribution < -0.4 is 19.7 Å². The first-order valence-electron chi connectivity index (χ1n) is 8.24. The Bertz CT molecular complexity index is 1230. The van der Waals surface area contributed by atoms with E-state index in [1.165, 1.54) is 0 Å². The van der Waals surface area contributed by atoms with Crippen LogP contribution in [0.5, 0.6) is 0 Å². The molecule has 28 heavy (non-hydrogen) atoms. The third-order valence-electron chi connectivity index (χ3n) is 4.62. The second-order valence-corrected chi connectivity index (χ2v) is 7.90. The van der Waals surface area contributed by atoms with Crippen LogP contribution in [0.15, 0.2) is 15.7 Å². The molecule has 0 radical (unpaired) electrons. The molecular weight excluding hydrogens is 420 g/mol. The molecule has 2 aromatic rings. The Morgan fingerprint density at radius 3 is 2.36 bits per heavy atom. The molecule has 0 saturated carbocycles. The van der Waals surface area contributed by atoms with E-state index in [0.717, 1.165) is 25.3 Å². The van der Waals surface area contributed by atoms with E-state index in [1.54, 1.807) is 0 Å². The van der Waals surface area contributed by atoms with Crippen molar-refractivity contribution in [3.63, 3.8) is 0 Å². The molecule has 1 aromatic carbocycles. The van der Waals surface area contributed by atoms with E-state index in [9.17, 15) is 28.1 Å². The summed E-state index contributed by atoms with van der Waals surface area (Å²) < 4.78 is 33.3. The van der Waals surface area contributed by atoms with E-state index in [4.69, 9.17) is 11.6 Å². The second-order valence-electron chi connectivity index (χ2n) is 6.41. The van der Waals surface area contributed by atoms with Gasteiger partial charge >= 0.3 is 21.5 Å². The van der Waals surface area contributed by atoms with Crippen LogP contribution in [-0.4, -0.2) is 40.8 Å². The van der Waals surface area contributed by atoms with Gasteiger partial charge in [0.2, 0.25) is 0 Å². The topological polar surface area (TPSA) is 143 Å². The second kappa shape index (κ2) is 6.46. The molecule has 0 N–H and O–H groups in total. The number of hydrogen-bond donors (Lipinski definition) is 0. The Balaban J connectivity index is 2.10. The van der Waals surface area contributed by atoms with Crippen molar-refractivity contribution >= 4 is 38.7 Å². The Morgan fingerprint density at radius 2 is 1.71 bits per heavy atom. The van der Waals surface area contributed by atoms with Gasteiger partial charge in [0.05, 0.1) is 4.92 Å². The summed E-state index contributed by atoms with van der Waals surface area (Å²) in [4.78, 5) is 37.1. The average molecular weight is 433 g/mol. The number of nitro groups is 1. The van der Waals surface area contributed by atoms with Gasteiger partial charge in [0.25, 0.3) is 5.69 Å². The molecule has 12 nitrogen and oxygen atoms in total. The number of fused-ring (bicyclic) bond motifs is 3. The summed E-state index contributed by atoms with van der Waals surface area (Å²) >= 11 is 6.25. The molecule has 1 aromatic heterocycles. The van der Waals surface area contributed by atoms with Gasteiger partial charge in [-0.1, -0.05) is 18.0 Å². The van der Waals surface area contributed by atoms with Gasteiger partial charge in [-0.25, -0.2) is 0 Å². The quantitative estimate of drug-likeness (QED) is 0.366. The molecule has 0 amide bonds. The lowest BCUT2D eigenvalue weighted by molar-refractivity contribution is -0.384. The van der Waals surface area contributed by atoms with Crippen molar-refractivity contribution < 1.29 is 21.9 Å². The first-order valence-corrected chi connectivity index (χ1v) is 9.95. The van der Waals surface area contributed by atoms with Crippen LogP contribution in [0, 0.1) is 10.1 Å². The Labute approximate surface area is 161 Å². The summed E-state index contributed by atoms with van der Waals surface area (Å²) in [6, 6.07) is 0.874. The van der Waals surface area contributed by atoms with Crippen LogP contribution in [0.1, 0.15) is 24.8 Å². The summed E-state index contributed by atoms with van der Waals surface area (Å²) in [5, 5.41) is 11.2. The fourth-order valence-electron chi connectivity index (χ4n) is 3.40. The van der Waals surface area contributed by atoms with E-state index >= 15 is 0 Å². The monoisotopic (exact) mass is 432 g/mol. The molecule has 14 heteroatoms. The number of hydrogen-bond acceptors (Lipinski definition) is 9. The van der Waals surface area contributed by atoms with Gasteiger partial charge in [0.1, 0.15) is 16.1 Å². The van der Waals surface area contributed by atoms with Crippen molar-refractivity contribution in [2.24, 2.45) is 0 Å². The summed E-state index contributed by atoms with van der Waals surface area (Å²) in [5.74, 6) is 0. The highest BCUT2D eigenvalue weighted by atomic mass is 35.5. The molecule has 1 fully saturated rings. The standard InChI is InChI=1S/C14H13ClN4O8S/c15-11-8(7-16-4-2-1-3-5-16)12-10(6-9(11)19(22)23)17-13(20)14(21)18(12)27-28(24,25)26-17/h6H,1-5,7H2. The number of nitro benzene ring substituents is 1. The van der Waals surface area contributed by atoms with Crippen LogP contribution >= 0.6 is 11.6 Å². The molecule has 0 unspecified atom stereocenters. The lowest BCUT2D eigenvalue weighted by Gasteiger charge is -2.27. The van der Waals surface area contributed by atoms with E-state index in [1.807, 2.05) is 4.90 Å². The van der Waals surface area contributed by atoms with E-state index in [-0.39, 0.29) is 37.6 Å². The zero-order chi connectivity index (χ0) is 20.2. The average Bonchev–Trinajstić information content (AvgIpc) is 2.81. The maximum atomic E-state index is 12.3. The highest BCUT2D eigenvalue weighted by Crippen LogP contribution is 2.35. The van der Waals surface area contributed by atoms with Crippen molar-refractivity contribution in [2.75, 3.05) is 13.1 Å². The maximum absolute atomic E-state index is 12.3. The van der Waals surface area contributed by atoms with Crippen LogP contribution in [0.3, 0.4) is 0 Å². The van der Waals surface area contributed by atoms with Crippen molar-refractivity contribution in [3.8, 4) is 0 Å². The molecule has 5 rings (SSSR count). The zero-order valence-corrected chi connectivity index (χ0v) is 15.7. The fourth-order valence-corrected chi connectivity index (χ4v) is 4.36. The van der Waals surface area contributed by atoms with Gasteiger partial charge in [-0.2, -0.15) is 0 Å². The summed E-state index contributed by atoms with van der Waals surface area (Å²) in [7, 11) is -4.80. The SMILES string of the molecule is O=c1c(=O)n2c3c(CN4CCCCC4)c(Cl)c([N+](=O)[O-])cc3n1OS(=O)(=O)O2. The van der Waals surface area contributed by atoms with Crippen LogP contribution in [0.2, 0.25) is 5.02 Å². The molecule has 150 valence electrons. The molecule has 3 aliphatic rings. The summed E-state index contributed by atoms with van der Waals surface area (Å²) in [6.45, 7) is 1.48. The molecular formula is C14H13ClN4O8S. The van der Waals surface area contributed by atoms with Gasteiger partial charge < -0.3 is 0 Å². The largest absolute Gasteiger partial charge is 0.540 e. The number of benzene rings is 1. The minimum Gasteiger partial charge on any atom is -0.299 e. The lowest BCUT2D eigenvalue weighted by atomic mass is 10.1. The van der Waals surface area contributed by atoms with Gasteiger partial charge in [0, 0.05) is 18.2 Å². The van der Waals surface area contributed by atoms with Crippen LogP contribution in [0.25, 0.3) is 11.0 Å². The molecule has 0 atom stereocenters. The van der Waals surface area contributed by atoms with E-state index in [2.05, 4.69) is 8.57 Å². The number of piperidine rings is 1. The number of likely N-dealkylation sites (tertiary alicyclic amines) is 1. The molecule has 4 heterocycles. The van der Waals surface area contributed by atoms with Crippen LogP contribution in [0.4, 0.5) is 5.69 Å². The normalized spacial score (nSPS) is 18.5. The maximum Gasteiger partial charge on any atom is 0.540 e. The molecule has 0 spiro atoms. The Morgan fingerprint density at radius 1 is 1.11 bits per heavy atom. The van der Waals surface area contributed by atoms with E-state index < -0.39 is 32.1 Å². The Hall–Kier alpha value is -2.64. The van der Waals surface area contributed by atoms with Gasteiger partial charge in [-0.15, -0.1) is 17.9 Å². The predicted molar refractivity (Wildman–Crippen MR) is 95.3 cm³/mol. The molecule has 1 saturated heterocycles. The number of halogens is 1. The third kappa shape index (κ3) is 2.91. The van der Waals surface area contributed by atoms with Crippen molar-refractivity contribution in [1.29, 1.82) is 0 Å². The van der Waals surface area contributed by atoms with Gasteiger partial charge in [-0.3, -0.25) is 33.2 Å². The third-order valence-corrected chi connectivity index (χ3v) is 5.71. The highest BCUT2D eigenvalue weighted by molar-refractivity contribution is 7.82. The van der Waals surface area contributed by atoms with Gasteiger partial charge in [-0.05, 0) is 25.9 Å². The number of rotatable bonds is 3. The smallest absolute Gasteiger partial charge is 0.299 e. The molecule has 0 aliphatic carbocycles. The number of aromatic nitrogens is 2. The van der Waals surface area contributed by atoms with Crippen molar-refractivity contribution in [1.82, 2.24) is 14.4 Å². The van der Waals surface area contributed by atoms with Crippen LogP contribution in [-0.2, 0) is 16.9 Å². The highest BCUT2D eigenvalue weighted by Gasteiger charge is 2.34. The van der Waals surface area contributed by atoms with Crippen molar-refractivity contribution in [3.05, 3.63) is 47.5 Å². The first kappa shape index (κ1) is 18.7. The minimum atomic E-state index is -4.80. The van der Waals surface area contributed by atoms with Crippen molar-refractivity contribution in [2.45, 2.75) is 25.8 Å². The van der Waals surface area contributed by atoms with Gasteiger partial charge in [0.15, 0.2) is 0 Å². The summed E-state index contributed by atoms with van der Waals surface area (Å²) in [5.41, 5.74) is -3.63. The van der Waals surface area contributed by atoms with E-state index in [0.29, 0.717) is 13.1 Å². The zero-order valence-electron chi connectivity index (χ0n) is 14.2. The lowest BCUT2D eigenvalue weighted by Crippen LogP contribution is -2.41. The minimum absolute atomic E-state index is 0.0953. The molecule has 3 aliphatic heterocycles. The first-order chi connectivity index (χ1) is 13.2. The Kier molecular flexibility index (Phi) is 4.32. The fraction of sp³-hybridized carbons (Fsp3) is 0.429. The molecule has 2 bridgehead atoms. The predicted octanol–water partition coefficient (Wildman–Crippen LogP) is -0.174.